The number of benzene rings is 2. The average molecular weight is 405 g/mol. The third-order valence-electron chi connectivity index (χ3n) is 4.91. The third kappa shape index (κ3) is 4.27. The molecule has 0 radical (unpaired) electrons. The standard InChI is InChI=1S/C22H23N5O3/c1-29-18-9-7-14(11-19(18)30-2)8-10-20-24-22(27-26-20)25-21(28)12-15-13-23-17-6-4-3-5-16(15)17/h3-7,9,11,13,23H,8,10,12H2,1-2H3,(H2,24,25,26,27,28). The maximum atomic E-state index is 12.4. The monoisotopic (exact) mass is 405 g/mol. The molecule has 0 aliphatic heterocycles. The van der Waals surface area contributed by atoms with Crippen LogP contribution in [0.3, 0.4) is 0 Å². The summed E-state index contributed by atoms with van der Waals surface area (Å²) < 4.78 is 10.6. The smallest absolute Gasteiger partial charge is 0.248 e. The molecule has 0 aliphatic rings. The molecule has 0 bridgehead atoms. The number of aromatic amines is 2. The Kier molecular flexibility index (Phi) is 5.65. The molecular weight excluding hydrogens is 382 g/mol. The average Bonchev–Trinajstić information content (AvgIpc) is 3.39. The van der Waals surface area contributed by atoms with Gasteiger partial charge in [-0.3, -0.25) is 15.2 Å². The molecule has 30 heavy (non-hydrogen) atoms. The number of anilines is 1. The Morgan fingerprint density at radius 2 is 1.90 bits per heavy atom. The first-order chi connectivity index (χ1) is 14.7. The quantitative estimate of drug-likeness (QED) is 0.417. The van der Waals surface area contributed by atoms with Crippen molar-refractivity contribution >= 4 is 22.8 Å². The lowest BCUT2D eigenvalue weighted by atomic mass is 10.1. The molecule has 154 valence electrons. The lowest BCUT2D eigenvalue weighted by molar-refractivity contribution is -0.115. The molecule has 8 heteroatoms. The van der Waals surface area contributed by atoms with Gasteiger partial charge in [-0.15, -0.1) is 5.10 Å². The van der Waals surface area contributed by atoms with Crippen molar-refractivity contribution in [1.29, 1.82) is 0 Å². The molecule has 0 saturated heterocycles. The number of nitrogens with zero attached hydrogens (tertiary/aromatic N) is 2. The summed E-state index contributed by atoms with van der Waals surface area (Å²) in [4.78, 5) is 19.9. The van der Waals surface area contributed by atoms with Gasteiger partial charge in [0, 0.05) is 23.5 Å². The van der Waals surface area contributed by atoms with E-state index in [1.54, 1.807) is 14.2 Å². The lowest BCUT2D eigenvalue weighted by Gasteiger charge is -2.09. The van der Waals surface area contributed by atoms with E-state index >= 15 is 0 Å². The van der Waals surface area contributed by atoms with Crippen LogP contribution >= 0.6 is 0 Å². The van der Waals surface area contributed by atoms with Crippen LogP contribution in [0.15, 0.2) is 48.7 Å². The second-order valence-electron chi connectivity index (χ2n) is 6.88. The van der Waals surface area contributed by atoms with Gasteiger partial charge in [0.15, 0.2) is 11.5 Å². The van der Waals surface area contributed by atoms with Gasteiger partial charge in [0.2, 0.25) is 11.9 Å². The maximum absolute atomic E-state index is 12.4. The van der Waals surface area contributed by atoms with Crippen LogP contribution in [0.5, 0.6) is 11.5 Å². The minimum absolute atomic E-state index is 0.162. The molecular formula is C22H23N5O3. The van der Waals surface area contributed by atoms with Crippen molar-refractivity contribution in [2.75, 3.05) is 19.5 Å². The van der Waals surface area contributed by atoms with Crippen molar-refractivity contribution in [2.45, 2.75) is 19.3 Å². The fraction of sp³-hybridized carbons (Fsp3) is 0.227. The molecule has 2 aromatic carbocycles. The van der Waals surface area contributed by atoms with Gasteiger partial charge in [0.05, 0.1) is 20.6 Å². The van der Waals surface area contributed by atoms with Crippen LogP contribution in [0.2, 0.25) is 0 Å². The van der Waals surface area contributed by atoms with Crippen LogP contribution < -0.4 is 14.8 Å². The van der Waals surface area contributed by atoms with E-state index in [0.717, 1.165) is 28.5 Å². The number of nitrogens with one attached hydrogen (secondary N) is 3. The number of aromatic nitrogens is 4. The molecule has 0 spiro atoms. The number of ether oxygens (including phenoxy) is 2. The highest BCUT2D eigenvalue weighted by atomic mass is 16.5. The van der Waals surface area contributed by atoms with E-state index in [2.05, 4.69) is 25.5 Å². The number of rotatable bonds is 8. The van der Waals surface area contributed by atoms with E-state index in [1.165, 1.54) is 0 Å². The number of H-pyrrole nitrogens is 2. The number of carbonyl (C=O) groups is 1. The molecule has 8 nitrogen and oxygen atoms in total. The highest BCUT2D eigenvalue weighted by Crippen LogP contribution is 2.28. The summed E-state index contributed by atoms with van der Waals surface area (Å²) in [5.41, 5.74) is 3.04. The fourth-order valence-electron chi connectivity index (χ4n) is 3.38. The van der Waals surface area contributed by atoms with Crippen molar-refractivity contribution < 1.29 is 14.3 Å². The summed E-state index contributed by atoms with van der Waals surface area (Å²) in [5.74, 6) is 2.21. The Hall–Kier alpha value is -3.81. The van der Waals surface area contributed by atoms with Gasteiger partial charge in [-0.1, -0.05) is 24.3 Å². The van der Waals surface area contributed by atoms with Gasteiger partial charge in [-0.2, -0.15) is 4.98 Å². The Morgan fingerprint density at radius 3 is 2.73 bits per heavy atom. The summed E-state index contributed by atoms with van der Waals surface area (Å²) in [7, 11) is 3.23. The number of fused-ring (bicyclic) bond motifs is 1. The number of carbonyl (C=O) groups excluding carboxylic acids is 1. The minimum Gasteiger partial charge on any atom is -0.493 e. The Balaban J connectivity index is 1.34. The number of hydrogen-bond donors (Lipinski definition) is 3. The largest absolute Gasteiger partial charge is 0.493 e. The van der Waals surface area contributed by atoms with Crippen LogP contribution in [0.4, 0.5) is 5.95 Å². The zero-order valence-corrected chi connectivity index (χ0v) is 16.9. The zero-order valence-electron chi connectivity index (χ0n) is 16.9. The Labute approximate surface area is 173 Å². The molecule has 0 fully saturated rings. The highest BCUT2D eigenvalue weighted by Gasteiger charge is 2.12. The number of aryl methyl sites for hydroxylation is 2. The van der Waals surface area contributed by atoms with E-state index in [-0.39, 0.29) is 18.3 Å². The number of hydrogen-bond acceptors (Lipinski definition) is 5. The van der Waals surface area contributed by atoms with Crippen LogP contribution in [0.1, 0.15) is 17.0 Å². The number of amides is 1. The molecule has 4 rings (SSSR count). The highest BCUT2D eigenvalue weighted by molar-refractivity contribution is 5.94. The molecule has 0 unspecified atom stereocenters. The zero-order chi connectivity index (χ0) is 20.9. The van der Waals surface area contributed by atoms with Crippen molar-refractivity contribution in [3.63, 3.8) is 0 Å². The number of para-hydroxylation sites is 1. The van der Waals surface area contributed by atoms with Crippen molar-refractivity contribution in [1.82, 2.24) is 20.2 Å². The van der Waals surface area contributed by atoms with Crippen molar-refractivity contribution in [2.24, 2.45) is 0 Å². The van der Waals surface area contributed by atoms with E-state index in [4.69, 9.17) is 9.47 Å². The first-order valence-electron chi connectivity index (χ1n) is 9.63. The molecule has 0 saturated carbocycles. The molecule has 3 N–H and O–H groups in total. The predicted octanol–water partition coefficient (Wildman–Crippen LogP) is 3.27. The van der Waals surface area contributed by atoms with E-state index < -0.39 is 0 Å². The van der Waals surface area contributed by atoms with Crippen LogP contribution in [0, 0.1) is 0 Å². The summed E-state index contributed by atoms with van der Waals surface area (Å²) in [6.45, 7) is 0. The molecule has 2 aromatic heterocycles. The van der Waals surface area contributed by atoms with E-state index in [0.29, 0.717) is 23.7 Å². The van der Waals surface area contributed by atoms with Crippen LogP contribution in [-0.2, 0) is 24.1 Å². The lowest BCUT2D eigenvalue weighted by Crippen LogP contribution is -2.15. The summed E-state index contributed by atoms with van der Waals surface area (Å²) >= 11 is 0. The summed E-state index contributed by atoms with van der Waals surface area (Å²) in [5, 5.41) is 10.8. The topological polar surface area (TPSA) is 105 Å². The molecule has 4 aromatic rings. The minimum atomic E-state index is -0.162. The summed E-state index contributed by atoms with van der Waals surface area (Å²) in [6.07, 6.45) is 3.51. The van der Waals surface area contributed by atoms with Crippen LogP contribution in [0.25, 0.3) is 10.9 Å². The molecule has 0 atom stereocenters. The molecule has 2 heterocycles. The van der Waals surface area contributed by atoms with Gasteiger partial charge in [0.1, 0.15) is 5.82 Å². The first-order valence-corrected chi connectivity index (χ1v) is 9.63. The summed E-state index contributed by atoms with van der Waals surface area (Å²) in [6, 6.07) is 13.7. The fourth-order valence-corrected chi connectivity index (χ4v) is 3.38. The van der Waals surface area contributed by atoms with E-state index in [9.17, 15) is 4.79 Å². The van der Waals surface area contributed by atoms with Gasteiger partial charge >= 0.3 is 0 Å². The van der Waals surface area contributed by atoms with Crippen LogP contribution in [-0.4, -0.2) is 40.3 Å². The van der Waals surface area contributed by atoms with Crippen molar-refractivity contribution in [3.8, 4) is 11.5 Å². The maximum Gasteiger partial charge on any atom is 0.248 e. The SMILES string of the molecule is COc1ccc(CCc2nc(NC(=O)Cc3c[nH]c4ccccc34)n[nH]2)cc1OC. The van der Waals surface area contributed by atoms with Gasteiger partial charge in [-0.25, -0.2) is 0 Å². The second-order valence-corrected chi connectivity index (χ2v) is 6.88. The third-order valence-corrected chi connectivity index (χ3v) is 4.91. The number of methoxy groups -OCH3 is 2. The second kappa shape index (κ2) is 8.69. The van der Waals surface area contributed by atoms with Gasteiger partial charge < -0.3 is 14.5 Å². The normalized spacial score (nSPS) is 10.9. The molecule has 0 aliphatic carbocycles. The Morgan fingerprint density at radius 1 is 1.07 bits per heavy atom. The Bertz CT molecular complexity index is 1160. The van der Waals surface area contributed by atoms with Gasteiger partial charge in [-0.05, 0) is 35.7 Å². The predicted molar refractivity (Wildman–Crippen MR) is 114 cm³/mol. The first kappa shape index (κ1) is 19.5. The molecule has 1 amide bonds. The van der Waals surface area contributed by atoms with Crippen molar-refractivity contribution in [3.05, 3.63) is 65.6 Å². The van der Waals surface area contributed by atoms with Gasteiger partial charge in [0.25, 0.3) is 0 Å². The van der Waals surface area contributed by atoms with E-state index in [1.807, 2.05) is 48.7 Å².